The molecule has 0 aliphatic carbocycles. The summed E-state index contributed by atoms with van der Waals surface area (Å²) in [5.74, 6) is -0.555. The minimum Gasteiger partial charge on any atom is -0.465 e. The highest BCUT2D eigenvalue weighted by atomic mass is 35.5. The summed E-state index contributed by atoms with van der Waals surface area (Å²) in [5, 5.41) is 2.07. The number of thiophene rings is 2. The first-order chi connectivity index (χ1) is 18.8. The molecule has 0 amide bonds. The van der Waals surface area contributed by atoms with Gasteiger partial charge >= 0.3 is 11.9 Å². The zero-order chi connectivity index (χ0) is 28.5. The summed E-state index contributed by atoms with van der Waals surface area (Å²) < 4.78 is 21.1. The number of carbonyl (C=O) groups excluding carboxylic acids is 2. The van der Waals surface area contributed by atoms with Gasteiger partial charge < -0.3 is 28.7 Å². The smallest absolute Gasteiger partial charge is 0.348 e. The Labute approximate surface area is 245 Å². The van der Waals surface area contributed by atoms with Crippen LogP contribution < -0.4 is 9.80 Å². The third-order valence-electron chi connectivity index (χ3n) is 7.37. The molecule has 4 rings (SSSR count). The predicted octanol–water partition coefficient (Wildman–Crippen LogP) is 6.35. The molecule has 0 N–H and O–H groups in total. The predicted molar refractivity (Wildman–Crippen MR) is 160 cm³/mol. The van der Waals surface area contributed by atoms with E-state index in [0.717, 1.165) is 82.0 Å². The van der Waals surface area contributed by atoms with E-state index in [4.69, 9.17) is 30.5 Å². The van der Waals surface area contributed by atoms with Gasteiger partial charge in [-0.25, -0.2) is 9.59 Å². The maximum Gasteiger partial charge on any atom is 0.348 e. The van der Waals surface area contributed by atoms with E-state index in [1.54, 1.807) is 0 Å². The van der Waals surface area contributed by atoms with Gasteiger partial charge in [-0.15, -0.1) is 22.7 Å². The largest absolute Gasteiger partial charge is 0.465 e. The summed E-state index contributed by atoms with van der Waals surface area (Å²) in [5.41, 5.74) is 4.09. The molecule has 0 atom stereocenters. The average Bonchev–Trinajstić information content (AvgIpc) is 3.49. The number of halogens is 1. The topological polar surface area (TPSA) is 77.5 Å². The van der Waals surface area contributed by atoms with Crippen molar-refractivity contribution in [3.05, 3.63) is 30.6 Å². The fraction of sp³-hybridized carbons (Fsp3) is 0.643. The van der Waals surface area contributed by atoms with E-state index in [2.05, 4.69) is 29.0 Å². The third kappa shape index (κ3) is 7.47. The van der Waals surface area contributed by atoms with Crippen LogP contribution in [0.15, 0.2) is 5.38 Å². The van der Waals surface area contributed by atoms with Gasteiger partial charge in [0, 0.05) is 57.0 Å². The molecular weight excluding hydrogens is 560 g/mol. The molecule has 0 bridgehead atoms. The van der Waals surface area contributed by atoms with Crippen molar-refractivity contribution in [1.29, 1.82) is 0 Å². The number of hydrogen-bond donors (Lipinski definition) is 0. The fourth-order valence-corrected chi connectivity index (χ4v) is 7.73. The molecule has 2 aliphatic rings. The van der Waals surface area contributed by atoms with E-state index in [1.807, 2.05) is 13.8 Å². The number of rotatable bonds is 8. The van der Waals surface area contributed by atoms with Crippen molar-refractivity contribution in [2.45, 2.75) is 65.5 Å². The van der Waals surface area contributed by atoms with Crippen molar-refractivity contribution in [3.63, 3.8) is 0 Å². The molecule has 11 heteroatoms. The monoisotopic (exact) mass is 600 g/mol. The molecule has 4 heterocycles. The molecule has 8 nitrogen and oxygen atoms in total. The Balaban J connectivity index is 0.000000216. The second-order valence-corrected chi connectivity index (χ2v) is 12.0. The van der Waals surface area contributed by atoms with Crippen LogP contribution in [0, 0.1) is 13.8 Å². The van der Waals surface area contributed by atoms with E-state index >= 15 is 0 Å². The minimum absolute atomic E-state index is 0.239. The second kappa shape index (κ2) is 15.2. The fourth-order valence-electron chi connectivity index (χ4n) is 5.29. The van der Waals surface area contributed by atoms with E-state index in [-0.39, 0.29) is 11.9 Å². The molecule has 0 radical (unpaired) electrons. The Hall–Kier alpha value is -1.85. The first kappa shape index (κ1) is 31.7. The van der Waals surface area contributed by atoms with Crippen molar-refractivity contribution < 1.29 is 28.5 Å². The molecule has 0 aromatic carbocycles. The van der Waals surface area contributed by atoms with Crippen molar-refractivity contribution in [3.8, 4) is 0 Å². The van der Waals surface area contributed by atoms with Gasteiger partial charge in [0.15, 0.2) is 0 Å². The summed E-state index contributed by atoms with van der Waals surface area (Å²) in [6.45, 7) is 13.2. The van der Waals surface area contributed by atoms with Crippen molar-refractivity contribution in [1.82, 2.24) is 0 Å². The lowest BCUT2D eigenvalue weighted by Gasteiger charge is -2.35. The first-order valence-electron chi connectivity index (χ1n) is 13.5. The number of nitrogens with zero attached hydrogens (tertiary/aromatic N) is 2. The van der Waals surface area contributed by atoms with Crippen molar-refractivity contribution in [2.24, 2.45) is 0 Å². The van der Waals surface area contributed by atoms with E-state index in [0.29, 0.717) is 26.2 Å². The number of esters is 2. The molecule has 2 saturated heterocycles. The molecular formula is C28H41ClN2O6S2. The number of carbonyl (C=O) groups is 2. The molecule has 0 unspecified atom stereocenters. The molecule has 39 heavy (non-hydrogen) atoms. The van der Waals surface area contributed by atoms with Gasteiger partial charge in [-0.3, -0.25) is 0 Å². The highest BCUT2D eigenvalue weighted by Crippen LogP contribution is 2.41. The molecule has 218 valence electrons. The Kier molecular flexibility index (Phi) is 12.4. The normalized spacial score (nSPS) is 16.3. The van der Waals surface area contributed by atoms with Crippen LogP contribution in [0.4, 0.5) is 11.4 Å². The van der Waals surface area contributed by atoms with E-state index in [9.17, 15) is 9.59 Å². The quantitative estimate of drug-likeness (QED) is 0.324. The van der Waals surface area contributed by atoms with Crippen LogP contribution in [0.3, 0.4) is 0 Å². The summed E-state index contributed by atoms with van der Waals surface area (Å²) in [6, 6.07) is 0.933. The Morgan fingerprint density at radius 2 is 1.36 bits per heavy atom. The third-order valence-corrected chi connectivity index (χ3v) is 9.88. The van der Waals surface area contributed by atoms with Crippen LogP contribution in [-0.2, 0) is 18.9 Å². The molecule has 2 aromatic rings. The Morgan fingerprint density at radius 1 is 0.872 bits per heavy atom. The maximum absolute atomic E-state index is 11.8. The minimum atomic E-state index is -0.316. The first-order valence-corrected chi connectivity index (χ1v) is 15.6. The molecule has 2 aromatic heterocycles. The second-order valence-electron chi connectivity index (χ2n) is 9.50. The van der Waals surface area contributed by atoms with Crippen LogP contribution in [0.25, 0.3) is 0 Å². The summed E-state index contributed by atoms with van der Waals surface area (Å²) >= 11 is 9.15. The van der Waals surface area contributed by atoms with Crippen LogP contribution in [0.2, 0.25) is 4.34 Å². The van der Waals surface area contributed by atoms with E-state index < -0.39 is 0 Å². The lowest BCUT2D eigenvalue weighted by Crippen LogP contribution is -2.39. The summed E-state index contributed by atoms with van der Waals surface area (Å²) in [7, 11) is 2.82. The van der Waals surface area contributed by atoms with Gasteiger partial charge in [-0.2, -0.15) is 0 Å². The highest BCUT2D eigenvalue weighted by Gasteiger charge is 2.28. The lowest BCUT2D eigenvalue weighted by molar-refractivity contribution is 0.0596. The van der Waals surface area contributed by atoms with Gasteiger partial charge in [0.25, 0.3) is 0 Å². The van der Waals surface area contributed by atoms with Crippen LogP contribution in [0.1, 0.15) is 70.0 Å². The number of hydrogen-bond acceptors (Lipinski definition) is 10. The number of anilines is 2. The Morgan fingerprint density at radius 3 is 1.85 bits per heavy atom. The zero-order valence-electron chi connectivity index (χ0n) is 23.8. The zero-order valence-corrected chi connectivity index (χ0v) is 26.2. The maximum atomic E-state index is 11.8. The van der Waals surface area contributed by atoms with Gasteiger partial charge in [0.05, 0.1) is 25.6 Å². The van der Waals surface area contributed by atoms with Gasteiger partial charge in [0.1, 0.15) is 14.1 Å². The average molecular weight is 601 g/mol. The Bertz CT molecular complexity index is 1090. The molecule has 0 spiro atoms. The standard InChI is InChI=1S/C14H20ClNO3S.C14H21NO3S/c1-4-16(10-5-7-19-8-6-10)11-9(2)12(14(17)18-3)20-13(11)15;1-4-15(11-5-7-18-8-6-11)12-9-19-13(10(12)2)14(16)17-3/h10H,4-8H2,1-3H3;9,11H,4-8H2,1-3H3. The molecule has 2 aliphatic heterocycles. The number of methoxy groups -OCH3 is 2. The van der Waals surface area contributed by atoms with Crippen LogP contribution >= 0.6 is 34.3 Å². The van der Waals surface area contributed by atoms with Gasteiger partial charge in [-0.05, 0) is 64.5 Å². The van der Waals surface area contributed by atoms with E-state index in [1.165, 1.54) is 42.6 Å². The molecule has 0 saturated carbocycles. The van der Waals surface area contributed by atoms with Gasteiger partial charge in [-0.1, -0.05) is 11.6 Å². The van der Waals surface area contributed by atoms with Crippen molar-refractivity contribution >= 4 is 57.6 Å². The molecule has 2 fully saturated rings. The summed E-state index contributed by atoms with van der Waals surface area (Å²) in [6.07, 6.45) is 4.09. The highest BCUT2D eigenvalue weighted by molar-refractivity contribution is 7.18. The van der Waals surface area contributed by atoms with Crippen LogP contribution in [-0.4, -0.2) is 77.8 Å². The number of ether oxygens (including phenoxy) is 4. The lowest BCUT2D eigenvalue weighted by atomic mass is 10.1. The van der Waals surface area contributed by atoms with Gasteiger partial charge in [0.2, 0.25) is 0 Å². The van der Waals surface area contributed by atoms with Crippen molar-refractivity contribution in [2.75, 3.05) is 63.5 Å². The summed E-state index contributed by atoms with van der Waals surface area (Å²) in [4.78, 5) is 29.5. The SMILES string of the molecule is CCN(c1c(Cl)sc(C(=O)OC)c1C)C1CCOCC1.CCN(c1csc(C(=O)OC)c1C)C1CCOCC1. The van der Waals surface area contributed by atoms with Crippen LogP contribution in [0.5, 0.6) is 0 Å².